The molecule has 1 aromatic heterocycles. The molecule has 0 aromatic carbocycles. The maximum absolute atomic E-state index is 12.0. The molecule has 1 aliphatic heterocycles. The van der Waals surface area contributed by atoms with Gasteiger partial charge in [-0.1, -0.05) is 0 Å². The summed E-state index contributed by atoms with van der Waals surface area (Å²) in [7, 11) is 0. The van der Waals surface area contributed by atoms with Crippen molar-refractivity contribution in [1.29, 1.82) is 0 Å². The van der Waals surface area contributed by atoms with Gasteiger partial charge < -0.3 is 15.1 Å². The van der Waals surface area contributed by atoms with Gasteiger partial charge in [0.25, 0.3) is 0 Å². The molecule has 0 aliphatic carbocycles. The zero-order chi connectivity index (χ0) is 15.3. The highest BCUT2D eigenvalue weighted by molar-refractivity contribution is 5.73. The Kier molecular flexibility index (Phi) is 5.11. The summed E-state index contributed by atoms with van der Waals surface area (Å²) in [5, 5.41) is 4.26. The van der Waals surface area contributed by atoms with Crippen LogP contribution in [-0.4, -0.2) is 43.3 Å². The first-order valence-corrected chi connectivity index (χ1v) is 6.81. The Morgan fingerprint density at radius 1 is 1.33 bits per heavy atom. The number of carbonyl (C=O) groups excluding carboxylic acids is 1. The normalized spacial score (nSPS) is 17.7. The molecule has 8 heteroatoms. The van der Waals surface area contributed by atoms with E-state index in [0.717, 1.165) is 25.9 Å². The first-order valence-electron chi connectivity index (χ1n) is 6.81. The molecule has 1 saturated heterocycles. The van der Waals surface area contributed by atoms with E-state index in [2.05, 4.69) is 10.2 Å². The predicted molar refractivity (Wildman–Crippen MR) is 69.7 cm³/mol. The van der Waals surface area contributed by atoms with Gasteiger partial charge in [-0.05, 0) is 38.1 Å². The van der Waals surface area contributed by atoms with Gasteiger partial charge in [-0.15, -0.1) is 0 Å². The quantitative estimate of drug-likeness (QED) is 0.877. The monoisotopic (exact) mass is 305 g/mol. The molecule has 1 unspecified atom stereocenters. The Morgan fingerprint density at radius 3 is 2.62 bits per heavy atom. The molecule has 1 fully saturated rings. The van der Waals surface area contributed by atoms with Gasteiger partial charge in [-0.3, -0.25) is 4.90 Å². The van der Waals surface area contributed by atoms with E-state index in [-0.39, 0.29) is 12.6 Å². The molecule has 2 rings (SSSR count). The van der Waals surface area contributed by atoms with Gasteiger partial charge in [-0.2, -0.15) is 13.2 Å². The first-order chi connectivity index (χ1) is 9.96. The van der Waals surface area contributed by atoms with Crippen LogP contribution in [0.4, 0.5) is 18.0 Å². The lowest BCUT2D eigenvalue weighted by atomic mass is 10.2. The zero-order valence-corrected chi connectivity index (χ0v) is 11.4. The average Bonchev–Trinajstić information content (AvgIpc) is 3.09. The van der Waals surface area contributed by atoms with Crippen molar-refractivity contribution < 1.29 is 22.4 Å². The molecule has 1 aromatic rings. The van der Waals surface area contributed by atoms with Crippen LogP contribution in [0.25, 0.3) is 0 Å². The second-order valence-corrected chi connectivity index (χ2v) is 4.95. The van der Waals surface area contributed by atoms with E-state index in [1.807, 2.05) is 0 Å². The van der Waals surface area contributed by atoms with E-state index in [1.165, 1.54) is 0 Å². The van der Waals surface area contributed by atoms with E-state index in [1.54, 1.807) is 23.7 Å². The minimum atomic E-state index is -4.41. The minimum Gasteiger partial charge on any atom is -0.468 e. The number of nitrogens with one attached hydrogen (secondary N) is 2. The molecule has 0 bridgehead atoms. The Hall–Kier alpha value is -1.70. The number of amides is 2. The third-order valence-corrected chi connectivity index (χ3v) is 3.36. The molecule has 2 N–H and O–H groups in total. The van der Waals surface area contributed by atoms with E-state index in [0.29, 0.717) is 5.76 Å². The van der Waals surface area contributed by atoms with Crippen molar-refractivity contribution in [3.05, 3.63) is 24.2 Å². The fourth-order valence-corrected chi connectivity index (χ4v) is 2.38. The van der Waals surface area contributed by atoms with E-state index in [9.17, 15) is 18.0 Å². The van der Waals surface area contributed by atoms with Crippen LogP contribution < -0.4 is 10.6 Å². The zero-order valence-electron chi connectivity index (χ0n) is 11.4. The van der Waals surface area contributed by atoms with Gasteiger partial charge >= 0.3 is 12.2 Å². The Labute approximate surface area is 120 Å². The summed E-state index contributed by atoms with van der Waals surface area (Å²) in [6.07, 6.45) is -0.732. The summed E-state index contributed by atoms with van der Waals surface area (Å²) in [5.41, 5.74) is 0. The minimum absolute atomic E-state index is 0.154. The Morgan fingerprint density at radius 2 is 2.05 bits per heavy atom. The molecule has 1 aliphatic rings. The maximum Gasteiger partial charge on any atom is 0.405 e. The van der Waals surface area contributed by atoms with Gasteiger partial charge in [0.2, 0.25) is 0 Å². The first kappa shape index (κ1) is 15.7. The molecule has 0 saturated carbocycles. The average molecular weight is 305 g/mol. The van der Waals surface area contributed by atoms with Crippen molar-refractivity contribution in [1.82, 2.24) is 15.5 Å². The number of likely N-dealkylation sites (tertiary alicyclic amines) is 1. The van der Waals surface area contributed by atoms with Crippen LogP contribution in [0.2, 0.25) is 0 Å². The van der Waals surface area contributed by atoms with Crippen molar-refractivity contribution in [2.75, 3.05) is 26.2 Å². The number of carbonyl (C=O) groups is 1. The van der Waals surface area contributed by atoms with E-state index < -0.39 is 18.8 Å². The molecule has 5 nitrogen and oxygen atoms in total. The smallest absolute Gasteiger partial charge is 0.405 e. The van der Waals surface area contributed by atoms with Crippen molar-refractivity contribution in [2.24, 2.45) is 0 Å². The molecule has 2 amide bonds. The molecule has 0 spiro atoms. The fraction of sp³-hybridized carbons (Fsp3) is 0.615. The van der Waals surface area contributed by atoms with Crippen LogP contribution in [-0.2, 0) is 0 Å². The predicted octanol–water partition coefficient (Wildman–Crippen LogP) is 2.28. The van der Waals surface area contributed by atoms with Gasteiger partial charge in [-0.25, -0.2) is 4.79 Å². The molecular weight excluding hydrogens is 287 g/mol. The summed E-state index contributed by atoms with van der Waals surface area (Å²) < 4.78 is 41.4. The highest BCUT2D eigenvalue weighted by Gasteiger charge is 2.29. The van der Waals surface area contributed by atoms with Crippen molar-refractivity contribution >= 4 is 6.03 Å². The molecule has 21 heavy (non-hydrogen) atoms. The third-order valence-electron chi connectivity index (χ3n) is 3.36. The highest BCUT2D eigenvalue weighted by Crippen LogP contribution is 2.24. The summed E-state index contributed by atoms with van der Waals surface area (Å²) in [6, 6.07) is 2.57. The standard InChI is InChI=1S/C13H18F3N3O2/c14-13(15,16)9-18-12(20)17-8-10(11-4-3-7-21-11)19-5-1-2-6-19/h3-4,7,10H,1-2,5-6,8-9H2,(H2,17,18,20). The van der Waals surface area contributed by atoms with Crippen molar-refractivity contribution in [2.45, 2.75) is 25.1 Å². The summed E-state index contributed by atoms with van der Waals surface area (Å²) >= 11 is 0. The van der Waals surface area contributed by atoms with Gasteiger partial charge in [0, 0.05) is 6.54 Å². The van der Waals surface area contributed by atoms with Crippen LogP contribution in [0, 0.1) is 0 Å². The van der Waals surface area contributed by atoms with Crippen LogP contribution in [0.3, 0.4) is 0 Å². The number of halogens is 3. The molecule has 1 atom stereocenters. The van der Waals surface area contributed by atoms with Crippen LogP contribution >= 0.6 is 0 Å². The fourth-order valence-electron chi connectivity index (χ4n) is 2.38. The van der Waals surface area contributed by atoms with Crippen LogP contribution in [0.5, 0.6) is 0 Å². The lowest BCUT2D eigenvalue weighted by Crippen LogP contribution is -2.44. The van der Waals surface area contributed by atoms with Crippen molar-refractivity contribution in [3.8, 4) is 0 Å². The molecule has 118 valence electrons. The number of urea groups is 1. The van der Waals surface area contributed by atoms with Gasteiger partial charge in [0.1, 0.15) is 12.3 Å². The summed E-state index contributed by atoms with van der Waals surface area (Å²) in [5.74, 6) is 0.702. The number of hydrogen-bond acceptors (Lipinski definition) is 3. The largest absolute Gasteiger partial charge is 0.468 e. The van der Waals surface area contributed by atoms with Gasteiger partial charge in [0.15, 0.2) is 0 Å². The molecular formula is C13H18F3N3O2. The lowest BCUT2D eigenvalue weighted by molar-refractivity contribution is -0.122. The maximum atomic E-state index is 12.0. The van der Waals surface area contributed by atoms with E-state index >= 15 is 0 Å². The van der Waals surface area contributed by atoms with Gasteiger partial charge in [0.05, 0.1) is 12.3 Å². The molecule has 0 radical (unpaired) electrons. The highest BCUT2D eigenvalue weighted by atomic mass is 19.4. The number of furan rings is 1. The lowest BCUT2D eigenvalue weighted by Gasteiger charge is -2.26. The van der Waals surface area contributed by atoms with Crippen LogP contribution in [0.15, 0.2) is 22.8 Å². The topological polar surface area (TPSA) is 57.5 Å². The second kappa shape index (κ2) is 6.84. The third kappa shape index (κ3) is 4.96. The Bertz CT molecular complexity index is 442. The number of hydrogen-bond donors (Lipinski definition) is 2. The molecule has 2 heterocycles. The number of rotatable bonds is 5. The number of alkyl halides is 3. The SMILES string of the molecule is O=C(NCC(c1ccco1)N1CCCC1)NCC(F)(F)F. The second-order valence-electron chi connectivity index (χ2n) is 4.95. The van der Waals surface area contributed by atoms with Crippen LogP contribution in [0.1, 0.15) is 24.6 Å². The number of nitrogens with zero attached hydrogens (tertiary/aromatic N) is 1. The summed E-state index contributed by atoms with van der Waals surface area (Å²) in [6.45, 7) is 0.638. The Balaban J connectivity index is 1.86. The van der Waals surface area contributed by atoms with E-state index in [4.69, 9.17) is 4.42 Å². The van der Waals surface area contributed by atoms with Crippen molar-refractivity contribution in [3.63, 3.8) is 0 Å². The summed E-state index contributed by atoms with van der Waals surface area (Å²) in [4.78, 5) is 13.6.